The Morgan fingerprint density at radius 3 is 1.53 bits per heavy atom. The smallest absolute Gasteiger partial charge is 0.306 e. The quantitative estimate of drug-likeness (QED) is 0.0198. The number of unbranched alkanes of at least 4 members (excludes halogenated alkanes) is 24. The van der Waals surface area contributed by atoms with E-state index in [1.54, 1.807) is 0 Å². The third kappa shape index (κ3) is 45.7. The van der Waals surface area contributed by atoms with Crippen molar-refractivity contribution in [3.8, 4) is 0 Å². The van der Waals surface area contributed by atoms with Gasteiger partial charge in [-0.15, -0.1) is 0 Å². The van der Waals surface area contributed by atoms with Gasteiger partial charge in [0.2, 0.25) is 0 Å². The van der Waals surface area contributed by atoms with E-state index in [0.717, 1.165) is 70.6 Å². The van der Waals surface area contributed by atoms with E-state index in [1.807, 2.05) is 21.1 Å². The maximum Gasteiger partial charge on any atom is 0.306 e. The number of carbonyl (C=O) groups excluding carboxylic acids is 1. The maximum absolute atomic E-state index is 12.7. The minimum Gasteiger partial charge on any atom is -0.756 e. The standard InChI is InChI=1S/C48H92NO7P/c1-6-8-10-12-14-16-18-20-22-23-24-25-26-28-30-32-34-36-38-40-43-53-45-47(46-55-57(51,52)54-44-42-49(3,4)5)56-48(50)41-39-37-35-33-31-29-27-21-19-17-15-13-11-9-7-2/h9,11,15,17,21,27,47H,6-8,10,12-14,16,18-20,22-26,28-46H2,1-5H3/b11-9-,17-15-,27-21-/t47-/m1/s1. The Morgan fingerprint density at radius 1 is 0.561 bits per heavy atom. The number of rotatable bonds is 44. The van der Waals surface area contributed by atoms with Crippen LogP contribution in [0.1, 0.15) is 206 Å². The number of allylic oxidation sites excluding steroid dienone is 6. The average Bonchev–Trinajstić information content (AvgIpc) is 3.16. The first kappa shape index (κ1) is 55.7. The summed E-state index contributed by atoms with van der Waals surface area (Å²) >= 11 is 0. The van der Waals surface area contributed by atoms with Crippen LogP contribution in [0.4, 0.5) is 0 Å². The van der Waals surface area contributed by atoms with Crippen molar-refractivity contribution in [2.45, 2.75) is 213 Å². The molecule has 0 heterocycles. The van der Waals surface area contributed by atoms with E-state index < -0.39 is 13.9 Å². The Kier molecular flexibility index (Phi) is 40.5. The first-order chi connectivity index (χ1) is 27.6. The third-order valence-corrected chi connectivity index (χ3v) is 11.2. The van der Waals surface area contributed by atoms with Gasteiger partial charge in [-0.2, -0.15) is 0 Å². The molecule has 0 fully saturated rings. The molecular weight excluding hydrogens is 734 g/mol. The van der Waals surface area contributed by atoms with E-state index in [4.69, 9.17) is 18.5 Å². The van der Waals surface area contributed by atoms with Crippen LogP contribution in [0.15, 0.2) is 36.5 Å². The third-order valence-electron chi connectivity index (χ3n) is 10.2. The molecule has 0 rings (SSSR count). The van der Waals surface area contributed by atoms with Gasteiger partial charge in [-0.3, -0.25) is 9.36 Å². The molecule has 0 aliphatic rings. The molecule has 2 atom stereocenters. The number of hydrogen-bond donors (Lipinski definition) is 0. The fraction of sp³-hybridized carbons (Fsp3) is 0.854. The minimum absolute atomic E-state index is 0.0233. The Balaban J connectivity index is 4.16. The number of nitrogens with zero attached hydrogens (tertiary/aromatic N) is 1. The van der Waals surface area contributed by atoms with E-state index in [9.17, 15) is 14.3 Å². The van der Waals surface area contributed by atoms with Crippen LogP contribution in [0.3, 0.4) is 0 Å². The number of phosphoric acid groups is 1. The van der Waals surface area contributed by atoms with Crippen LogP contribution in [0, 0.1) is 0 Å². The number of carbonyl (C=O) groups is 1. The second-order valence-corrected chi connectivity index (χ2v) is 18.5. The molecule has 0 N–H and O–H groups in total. The summed E-state index contributed by atoms with van der Waals surface area (Å²) in [6.07, 6.45) is 48.8. The van der Waals surface area contributed by atoms with Crippen molar-refractivity contribution in [2.75, 3.05) is 54.1 Å². The molecule has 1 unspecified atom stereocenters. The van der Waals surface area contributed by atoms with Gasteiger partial charge in [0.05, 0.1) is 34.4 Å². The van der Waals surface area contributed by atoms with E-state index in [-0.39, 0.29) is 25.8 Å². The van der Waals surface area contributed by atoms with Crippen LogP contribution < -0.4 is 4.89 Å². The molecule has 8 nitrogen and oxygen atoms in total. The molecule has 0 saturated heterocycles. The van der Waals surface area contributed by atoms with Crippen molar-refractivity contribution < 1.29 is 37.3 Å². The first-order valence-corrected chi connectivity index (χ1v) is 25.2. The molecule has 9 heteroatoms. The normalized spacial score (nSPS) is 14.0. The van der Waals surface area contributed by atoms with Crippen LogP contribution in [0.2, 0.25) is 0 Å². The van der Waals surface area contributed by atoms with Gasteiger partial charge in [0.1, 0.15) is 19.3 Å². The predicted molar refractivity (Wildman–Crippen MR) is 240 cm³/mol. The molecule has 0 bridgehead atoms. The van der Waals surface area contributed by atoms with Gasteiger partial charge in [-0.1, -0.05) is 192 Å². The van der Waals surface area contributed by atoms with Crippen LogP contribution in [0.25, 0.3) is 0 Å². The van der Waals surface area contributed by atoms with Crippen molar-refractivity contribution in [3.63, 3.8) is 0 Å². The fourth-order valence-electron chi connectivity index (χ4n) is 6.56. The van der Waals surface area contributed by atoms with Crippen molar-refractivity contribution >= 4 is 13.8 Å². The molecule has 57 heavy (non-hydrogen) atoms. The number of ether oxygens (including phenoxy) is 2. The molecule has 0 spiro atoms. The van der Waals surface area contributed by atoms with Crippen molar-refractivity contribution in [2.24, 2.45) is 0 Å². The summed E-state index contributed by atoms with van der Waals surface area (Å²) in [4.78, 5) is 25.1. The van der Waals surface area contributed by atoms with Crippen LogP contribution in [0.5, 0.6) is 0 Å². The topological polar surface area (TPSA) is 94.1 Å². The van der Waals surface area contributed by atoms with Crippen molar-refractivity contribution in [3.05, 3.63) is 36.5 Å². The molecule has 0 aromatic heterocycles. The number of hydrogen-bond acceptors (Lipinski definition) is 7. The SMILES string of the molecule is CC/C=C\C/C=C\C/C=C\CCCCCCCC(=O)O[C@H](COCCCCCCCCCCCCCCCCCCCCCC)COP(=O)([O-])OCC[N+](C)(C)C. The predicted octanol–water partition coefficient (Wildman–Crippen LogP) is 13.5. The van der Waals surface area contributed by atoms with Gasteiger partial charge in [0, 0.05) is 13.0 Å². The summed E-state index contributed by atoms with van der Waals surface area (Å²) in [6, 6.07) is 0. The molecule has 336 valence electrons. The van der Waals surface area contributed by atoms with Crippen molar-refractivity contribution in [1.29, 1.82) is 0 Å². The highest BCUT2D eigenvalue weighted by atomic mass is 31.2. The number of likely N-dealkylation sites (N-methyl/N-ethyl adjacent to an activating group) is 1. The summed E-state index contributed by atoms with van der Waals surface area (Å²) in [6.45, 7) is 5.31. The highest BCUT2D eigenvalue weighted by Gasteiger charge is 2.20. The molecule has 0 aromatic rings. The van der Waals surface area contributed by atoms with Crippen molar-refractivity contribution in [1.82, 2.24) is 0 Å². The lowest BCUT2D eigenvalue weighted by Gasteiger charge is -2.28. The summed E-state index contributed by atoms with van der Waals surface area (Å²) < 4.78 is 34.6. The number of quaternary nitrogens is 1. The summed E-state index contributed by atoms with van der Waals surface area (Å²) in [5.74, 6) is -0.348. The first-order valence-electron chi connectivity index (χ1n) is 23.7. The van der Waals surface area contributed by atoms with Gasteiger partial charge in [0.25, 0.3) is 7.82 Å². The van der Waals surface area contributed by atoms with E-state index in [0.29, 0.717) is 24.1 Å². The highest BCUT2D eigenvalue weighted by molar-refractivity contribution is 7.45. The molecule has 0 amide bonds. The molecule has 0 radical (unpaired) electrons. The molecule has 0 saturated carbocycles. The Morgan fingerprint density at radius 2 is 1.02 bits per heavy atom. The molecule has 0 aromatic carbocycles. The second-order valence-electron chi connectivity index (χ2n) is 17.1. The van der Waals surface area contributed by atoms with E-state index >= 15 is 0 Å². The minimum atomic E-state index is -4.53. The van der Waals surface area contributed by atoms with Crippen LogP contribution in [-0.4, -0.2) is 70.7 Å². The van der Waals surface area contributed by atoms with Gasteiger partial charge in [-0.25, -0.2) is 0 Å². The lowest BCUT2D eigenvalue weighted by Crippen LogP contribution is -2.37. The fourth-order valence-corrected chi connectivity index (χ4v) is 7.29. The van der Waals surface area contributed by atoms with Gasteiger partial charge in [0.15, 0.2) is 0 Å². The monoisotopic (exact) mass is 826 g/mol. The summed E-state index contributed by atoms with van der Waals surface area (Å²) in [5, 5.41) is 0. The molecule has 0 aliphatic heterocycles. The zero-order valence-electron chi connectivity index (χ0n) is 38.0. The lowest BCUT2D eigenvalue weighted by atomic mass is 10.0. The van der Waals surface area contributed by atoms with Gasteiger partial charge < -0.3 is 27.9 Å². The Bertz CT molecular complexity index is 1010. The summed E-state index contributed by atoms with van der Waals surface area (Å²) in [5.41, 5.74) is 0. The molecular formula is C48H92NO7P. The largest absolute Gasteiger partial charge is 0.756 e. The lowest BCUT2D eigenvalue weighted by molar-refractivity contribution is -0.870. The van der Waals surface area contributed by atoms with E-state index in [2.05, 4.69) is 50.3 Å². The summed E-state index contributed by atoms with van der Waals surface area (Å²) in [7, 11) is 1.35. The van der Waals surface area contributed by atoms with E-state index in [1.165, 1.54) is 116 Å². The average molecular weight is 826 g/mol. The Labute approximate surface area is 353 Å². The number of esters is 1. The number of phosphoric ester groups is 1. The Hall–Kier alpha value is -1.28. The maximum atomic E-state index is 12.7. The second kappa shape index (κ2) is 41.5. The zero-order chi connectivity index (χ0) is 42.0. The van der Waals surface area contributed by atoms with Crippen LogP contribution in [-0.2, 0) is 27.9 Å². The van der Waals surface area contributed by atoms with Gasteiger partial charge >= 0.3 is 5.97 Å². The highest BCUT2D eigenvalue weighted by Crippen LogP contribution is 2.38. The van der Waals surface area contributed by atoms with Gasteiger partial charge in [-0.05, 0) is 44.9 Å². The molecule has 0 aliphatic carbocycles. The zero-order valence-corrected chi connectivity index (χ0v) is 38.9. The van der Waals surface area contributed by atoms with Crippen LogP contribution >= 0.6 is 7.82 Å².